The third kappa shape index (κ3) is 5.18. The number of carbonyl (C=O) groups excluding carboxylic acids is 4. The van der Waals surface area contributed by atoms with Crippen LogP contribution in [0, 0.1) is 6.92 Å². The first kappa shape index (κ1) is 26.7. The van der Waals surface area contributed by atoms with Gasteiger partial charge >= 0.3 is 5.97 Å². The van der Waals surface area contributed by atoms with E-state index >= 15 is 0 Å². The number of hydrogen-bond donors (Lipinski definition) is 3. The van der Waals surface area contributed by atoms with E-state index in [0.717, 1.165) is 21.6 Å². The average molecular weight is 560 g/mol. The van der Waals surface area contributed by atoms with Crippen LogP contribution in [0.15, 0.2) is 49.3 Å². The van der Waals surface area contributed by atoms with Crippen molar-refractivity contribution in [3.8, 4) is 0 Å². The second-order valence-corrected chi connectivity index (χ2v) is 10.2. The van der Waals surface area contributed by atoms with E-state index in [-0.39, 0.29) is 36.4 Å². The summed E-state index contributed by atoms with van der Waals surface area (Å²) in [5.74, 6) is -1.84. The van der Waals surface area contributed by atoms with E-state index in [1.54, 1.807) is 18.2 Å². The van der Waals surface area contributed by atoms with Crippen molar-refractivity contribution in [3.63, 3.8) is 0 Å². The Hall–Kier alpha value is -4.91. The van der Waals surface area contributed by atoms with Gasteiger partial charge in [0.05, 0.1) is 23.0 Å². The Bertz CT molecular complexity index is 1670. The maximum Gasteiger partial charge on any atom is 0.338 e. The summed E-state index contributed by atoms with van der Waals surface area (Å²) in [4.78, 5) is 59.5. The lowest BCUT2D eigenvalue weighted by molar-refractivity contribution is 0.0548. The van der Waals surface area contributed by atoms with Crippen molar-refractivity contribution in [2.75, 3.05) is 6.61 Å². The maximum atomic E-state index is 13.4. The molecule has 4 N–H and O–H groups in total. The smallest absolute Gasteiger partial charge is 0.338 e. The van der Waals surface area contributed by atoms with E-state index in [0.29, 0.717) is 23.3 Å². The highest BCUT2D eigenvalue weighted by molar-refractivity contribution is 7.14. The summed E-state index contributed by atoms with van der Waals surface area (Å²) in [6, 6.07) is 7.88. The fourth-order valence-corrected chi connectivity index (χ4v) is 5.45. The van der Waals surface area contributed by atoms with E-state index in [9.17, 15) is 19.2 Å². The van der Waals surface area contributed by atoms with Crippen molar-refractivity contribution in [1.29, 1.82) is 0 Å². The molecule has 0 saturated heterocycles. The fraction of sp³-hybridized carbons (Fsp3) is 0.222. The molecule has 0 unspecified atom stereocenters. The lowest BCUT2D eigenvalue weighted by Gasteiger charge is -2.16. The molecular formula is C27H25N7O5S. The Morgan fingerprint density at radius 3 is 2.80 bits per heavy atom. The summed E-state index contributed by atoms with van der Waals surface area (Å²) in [5, 5.41) is 9.85. The SMILES string of the molecule is C=CCOC(=O)c1ccc2c(c1C)CC[C@@H]2NC(=O)c1cc(C(=O)NCc2ccc(C(N)=O)s2)nc2ncnn12. The van der Waals surface area contributed by atoms with Gasteiger partial charge in [0.25, 0.3) is 23.5 Å². The van der Waals surface area contributed by atoms with Crippen molar-refractivity contribution in [1.82, 2.24) is 30.2 Å². The van der Waals surface area contributed by atoms with E-state index in [1.807, 2.05) is 13.0 Å². The minimum Gasteiger partial charge on any atom is -0.458 e. The van der Waals surface area contributed by atoms with Crippen molar-refractivity contribution in [3.05, 3.63) is 92.7 Å². The number of nitrogens with zero attached hydrogens (tertiary/aromatic N) is 4. The number of esters is 1. The number of aromatic nitrogens is 4. The molecule has 0 fully saturated rings. The first-order chi connectivity index (χ1) is 19.3. The van der Waals surface area contributed by atoms with E-state index in [4.69, 9.17) is 10.5 Å². The third-order valence-corrected chi connectivity index (χ3v) is 7.70. The zero-order valence-corrected chi connectivity index (χ0v) is 22.3. The van der Waals surface area contributed by atoms with Gasteiger partial charge in [-0.05, 0) is 54.7 Å². The Morgan fingerprint density at radius 1 is 1.23 bits per heavy atom. The van der Waals surface area contributed by atoms with Crippen LogP contribution < -0.4 is 16.4 Å². The Kier molecular flexibility index (Phi) is 7.38. The molecule has 0 radical (unpaired) electrons. The van der Waals surface area contributed by atoms with Crippen LogP contribution in [0.2, 0.25) is 0 Å². The summed E-state index contributed by atoms with van der Waals surface area (Å²) in [6.07, 6.45) is 4.08. The maximum absolute atomic E-state index is 13.4. The Balaban J connectivity index is 1.34. The summed E-state index contributed by atoms with van der Waals surface area (Å²) in [6.45, 7) is 5.70. The van der Waals surface area contributed by atoms with Crippen LogP contribution in [0.5, 0.6) is 0 Å². The minimum atomic E-state index is -0.538. The number of hydrogen-bond acceptors (Lipinski definition) is 9. The van der Waals surface area contributed by atoms with Crippen LogP contribution in [-0.4, -0.2) is 49.9 Å². The van der Waals surface area contributed by atoms with Gasteiger partial charge in [-0.15, -0.1) is 11.3 Å². The number of amides is 3. The quantitative estimate of drug-likeness (QED) is 0.207. The van der Waals surface area contributed by atoms with Gasteiger partial charge in [-0.1, -0.05) is 18.7 Å². The molecule has 1 aromatic carbocycles. The van der Waals surface area contributed by atoms with Crippen molar-refractivity contribution in [2.24, 2.45) is 5.73 Å². The third-order valence-electron chi connectivity index (χ3n) is 6.60. The predicted molar refractivity (Wildman–Crippen MR) is 145 cm³/mol. The molecule has 12 nitrogen and oxygen atoms in total. The molecule has 5 rings (SSSR count). The number of thiophene rings is 1. The van der Waals surface area contributed by atoms with E-state index in [1.165, 1.54) is 34.3 Å². The molecule has 4 aromatic rings. The summed E-state index contributed by atoms with van der Waals surface area (Å²) < 4.78 is 6.45. The molecule has 13 heteroatoms. The molecular weight excluding hydrogens is 534 g/mol. The van der Waals surface area contributed by atoms with Crippen molar-refractivity contribution in [2.45, 2.75) is 32.4 Å². The van der Waals surface area contributed by atoms with Gasteiger partial charge in [0.15, 0.2) is 0 Å². The van der Waals surface area contributed by atoms with Gasteiger partial charge < -0.3 is 21.1 Å². The predicted octanol–water partition coefficient (Wildman–Crippen LogP) is 2.28. The molecule has 204 valence electrons. The summed E-state index contributed by atoms with van der Waals surface area (Å²) in [7, 11) is 0. The molecule has 1 aliphatic carbocycles. The monoisotopic (exact) mass is 559 g/mol. The standard InChI is InChI=1S/C27H25N7O5S/c1-3-10-39-26(38)17-5-6-18-16(14(17)2)7-8-19(18)32-25(37)21-11-20(33-27-30-13-31-34(21)27)24(36)29-12-15-4-9-22(40-15)23(28)35/h3-6,9,11,13,19H,1,7-8,10,12H2,2H3,(H2,28,35)(H,29,36)(H,32,37)/t19-/m0/s1. The largest absolute Gasteiger partial charge is 0.458 e. The van der Waals surface area contributed by atoms with Gasteiger partial charge in [-0.25, -0.2) is 9.78 Å². The Labute approximate surface area is 232 Å². The lowest BCUT2D eigenvalue weighted by Crippen LogP contribution is -2.30. The molecule has 1 aliphatic rings. The zero-order chi connectivity index (χ0) is 28.4. The molecule has 0 spiro atoms. The van der Waals surface area contributed by atoms with E-state index < -0.39 is 23.7 Å². The van der Waals surface area contributed by atoms with E-state index in [2.05, 4.69) is 32.3 Å². The van der Waals surface area contributed by atoms with Crippen LogP contribution in [0.3, 0.4) is 0 Å². The van der Waals surface area contributed by atoms with Crippen molar-refractivity contribution >= 4 is 40.8 Å². The normalized spacial score (nSPS) is 14.0. The van der Waals surface area contributed by atoms with Crippen LogP contribution in [0.25, 0.3) is 5.78 Å². The number of rotatable bonds is 9. The molecule has 40 heavy (non-hydrogen) atoms. The first-order valence-corrected chi connectivity index (χ1v) is 13.2. The second-order valence-electron chi connectivity index (χ2n) is 9.07. The average Bonchev–Trinajstić information content (AvgIpc) is 3.70. The first-order valence-electron chi connectivity index (χ1n) is 12.4. The Morgan fingerprint density at radius 2 is 2.05 bits per heavy atom. The van der Waals surface area contributed by atoms with Gasteiger partial charge in [0.2, 0.25) is 0 Å². The van der Waals surface area contributed by atoms with Crippen LogP contribution in [-0.2, 0) is 17.7 Å². The lowest BCUT2D eigenvalue weighted by atomic mass is 9.98. The topological polar surface area (TPSA) is 171 Å². The summed E-state index contributed by atoms with van der Waals surface area (Å²) in [5.41, 5.74) is 8.58. The molecule has 1 atom stereocenters. The number of ether oxygens (including phenoxy) is 1. The molecule has 3 aromatic heterocycles. The van der Waals surface area contributed by atoms with Crippen molar-refractivity contribution < 1.29 is 23.9 Å². The molecule has 3 amide bonds. The minimum absolute atomic E-state index is 0.0114. The number of nitrogens with one attached hydrogen (secondary N) is 2. The number of fused-ring (bicyclic) bond motifs is 2. The number of nitrogens with two attached hydrogens (primary N) is 1. The number of primary amides is 1. The molecule has 0 aliphatic heterocycles. The number of carbonyl (C=O) groups is 4. The fourth-order valence-electron chi connectivity index (χ4n) is 4.65. The van der Waals surface area contributed by atoms with Crippen LogP contribution in [0.1, 0.15) is 75.0 Å². The molecule has 0 bridgehead atoms. The molecule has 3 heterocycles. The molecule has 0 saturated carbocycles. The highest BCUT2D eigenvalue weighted by Gasteiger charge is 2.29. The van der Waals surface area contributed by atoms with Gasteiger partial charge in [0.1, 0.15) is 24.3 Å². The summed E-state index contributed by atoms with van der Waals surface area (Å²) >= 11 is 1.18. The highest BCUT2D eigenvalue weighted by Crippen LogP contribution is 2.35. The van der Waals surface area contributed by atoms with Crippen LogP contribution >= 0.6 is 11.3 Å². The van der Waals surface area contributed by atoms with Gasteiger partial charge in [-0.2, -0.15) is 14.6 Å². The highest BCUT2D eigenvalue weighted by atomic mass is 32.1. The zero-order valence-electron chi connectivity index (χ0n) is 21.5. The second kappa shape index (κ2) is 11.1. The number of benzene rings is 1. The van der Waals surface area contributed by atoms with Crippen LogP contribution in [0.4, 0.5) is 0 Å². The van der Waals surface area contributed by atoms with Gasteiger partial charge in [-0.3, -0.25) is 14.4 Å². The van der Waals surface area contributed by atoms with Gasteiger partial charge in [0, 0.05) is 10.9 Å².